The summed E-state index contributed by atoms with van der Waals surface area (Å²) >= 11 is 0. The molecule has 0 radical (unpaired) electrons. The van der Waals surface area contributed by atoms with E-state index in [1.807, 2.05) is 0 Å². The molecule has 0 saturated heterocycles. The van der Waals surface area contributed by atoms with Gasteiger partial charge in [0, 0.05) is 0 Å². The van der Waals surface area contributed by atoms with E-state index in [4.69, 9.17) is 0 Å². The van der Waals surface area contributed by atoms with Crippen molar-refractivity contribution in [2.45, 2.75) is 6.92 Å². The van der Waals surface area contributed by atoms with Gasteiger partial charge in [0.15, 0.2) is 0 Å². The summed E-state index contributed by atoms with van der Waals surface area (Å²) < 4.78 is 47.5. The van der Waals surface area contributed by atoms with Crippen LogP contribution in [0.2, 0.25) is 0 Å². The molecule has 0 heterocycles. The first kappa shape index (κ1) is 18.4. The van der Waals surface area contributed by atoms with Crippen LogP contribution in [0.25, 0.3) is 0 Å². The number of carbonyl (C=O) groups is 1. The Bertz CT molecular complexity index is 125. The third-order valence-corrected chi connectivity index (χ3v) is 0.429. The molecule has 0 aromatic rings. The second kappa shape index (κ2) is 9.74. The third-order valence-electron chi connectivity index (χ3n) is 0.429. The summed E-state index contributed by atoms with van der Waals surface area (Å²) in [5, 5.41) is 0. The van der Waals surface area contributed by atoms with Crippen molar-refractivity contribution < 1.29 is 50.4 Å². The van der Waals surface area contributed by atoms with Crippen molar-refractivity contribution in [3.63, 3.8) is 0 Å². The van der Waals surface area contributed by atoms with Gasteiger partial charge in [-0.3, -0.25) is 0 Å². The zero-order valence-electron chi connectivity index (χ0n) is 7.52. The first-order valence-corrected chi connectivity index (χ1v) is 2.89. The molecule has 0 amide bonds. The third kappa shape index (κ3) is 50.2. The summed E-state index contributed by atoms with van der Waals surface area (Å²) in [6.45, 7) is 2.09. The molecule has 9 heteroatoms. The molecule has 0 N–H and O–H groups in total. The molecule has 0 bridgehead atoms. The van der Waals surface area contributed by atoms with Crippen LogP contribution in [-0.4, -0.2) is 27.1 Å². The Labute approximate surface area is 85.0 Å². The van der Waals surface area contributed by atoms with Gasteiger partial charge in [-0.2, -0.15) is 0 Å². The molecule has 0 fully saturated rings. The molecule has 0 aromatic heterocycles. The van der Waals surface area contributed by atoms with Crippen LogP contribution in [0.1, 0.15) is 6.92 Å². The van der Waals surface area contributed by atoms with Crippen LogP contribution >= 0.6 is 0 Å². The van der Waals surface area contributed by atoms with Crippen LogP contribution in [-0.2, 0) is 9.47 Å². The quantitative estimate of drug-likeness (QED) is 0.311. The zero-order valence-corrected chi connectivity index (χ0v) is 7.52. The maximum atomic E-state index is 9.97. The number of rotatable bonds is 1. The fraction of sp³-hybridized carbons (Fsp3) is 0.750. The van der Waals surface area contributed by atoms with E-state index in [1.54, 1.807) is 6.92 Å². The fourth-order valence-corrected chi connectivity index (χ4v) is 0.177. The predicted molar refractivity (Wildman–Crippen MR) is 34.2 cm³/mol. The molecule has 0 rings (SSSR count). The first-order valence-electron chi connectivity index (χ1n) is 2.89. The zero-order chi connectivity index (χ0) is 10.2. The average Bonchev–Trinajstić information content (AvgIpc) is 1.85. The minimum Gasteiger partial charge on any atom is -0.438 e. The van der Waals surface area contributed by atoms with Gasteiger partial charge in [0.05, 0.1) is 13.7 Å². The van der Waals surface area contributed by atoms with Crippen molar-refractivity contribution in [2.24, 2.45) is 0 Å². The second-order valence-electron chi connectivity index (χ2n) is 1.38. The fourth-order valence-electron chi connectivity index (χ4n) is 0.177. The Morgan fingerprint density at radius 3 is 1.69 bits per heavy atom. The number of hydrogen-bond donors (Lipinski definition) is 0. The summed E-state index contributed by atoms with van der Waals surface area (Å²) in [7, 11) is -4.72. The van der Waals surface area contributed by atoms with Gasteiger partial charge in [-0.05, 0) is 6.92 Å². The number of halogens is 4. The molecule has 3 nitrogen and oxygen atoms in total. The predicted octanol–water partition coefficient (Wildman–Crippen LogP) is -0.907. The van der Waals surface area contributed by atoms with Gasteiger partial charge in [0.25, 0.3) is 0 Å². The van der Waals surface area contributed by atoms with Gasteiger partial charge in [-0.15, -0.1) is 0 Å². The monoisotopic (exact) mass is 198 g/mol. The average molecular weight is 198 g/mol. The molecular weight excluding hydrogens is 190 g/mol. The van der Waals surface area contributed by atoms with Crippen LogP contribution in [0.15, 0.2) is 0 Å². The summed E-state index contributed by atoms with van der Waals surface area (Å²) in [5.41, 5.74) is 0. The summed E-state index contributed by atoms with van der Waals surface area (Å²) in [6, 6.07) is 0. The molecule has 0 aliphatic rings. The standard InChI is InChI=1S/C4H8O3.BF4.Li/c1-3-7-4(5)6-2;2-1(3,4)5;/h3H2,1-2H3;;/q;-1;+1. The van der Waals surface area contributed by atoms with E-state index in [0.717, 1.165) is 0 Å². The van der Waals surface area contributed by atoms with E-state index in [9.17, 15) is 22.1 Å². The largest absolute Gasteiger partial charge is 1.00 e. The van der Waals surface area contributed by atoms with E-state index < -0.39 is 13.4 Å². The van der Waals surface area contributed by atoms with Crippen molar-refractivity contribution in [2.75, 3.05) is 13.7 Å². The van der Waals surface area contributed by atoms with E-state index in [2.05, 4.69) is 9.47 Å². The van der Waals surface area contributed by atoms with Gasteiger partial charge in [0.1, 0.15) is 0 Å². The Balaban J connectivity index is -0.000000150. The second-order valence-corrected chi connectivity index (χ2v) is 1.38. The van der Waals surface area contributed by atoms with Crippen molar-refractivity contribution in [3.8, 4) is 0 Å². The van der Waals surface area contributed by atoms with Crippen molar-refractivity contribution in [1.82, 2.24) is 0 Å². The van der Waals surface area contributed by atoms with E-state index in [0.29, 0.717) is 6.61 Å². The molecule has 0 saturated carbocycles. The van der Waals surface area contributed by atoms with Gasteiger partial charge in [-0.1, -0.05) is 0 Å². The molecule has 0 aliphatic heterocycles. The summed E-state index contributed by atoms with van der Waals surface area (Å²) in [6.07, 6.45) is -0.623. The Hall–Kier alpha value is -0.348. The molecule has 0 atom stereocenters. The van der Waals surface area contributed by atoms with Crippen molar-refractivity contribution in [3.05, 3.63) is 0 Å². The SMILES string of the molecule is CCOC(=O)OC.F[B-](F)(F)F.[Li+]. The Kier molecular flexibility index (Phi) is 13.8. The molecule has 13 heavy (non-hydrogen) atoms. The molecule has 0 aromatic carbocycles. The minimum atomic E-state index is -6.00. The van der Waals surface area contributed by atoms with Crippen LogP contribution in [0.3, 0.4) is 0 Å². The van der Waals surface area contributed by atoms with Gasteiger partial charge < -0.3 is 26.7 Å². The van der Waals surface area contributed by atoms with Gasteiger partial charge >= 0.3 is 32.3 Å². The van der Waals surface area contributed by atoms with E-state index in [-0.39, 0.29) is 18.9 Å². The molecule has 0 unspecified atom stereocenters. The number of ether oxygens (including phenoxy) is 2. The Morgan fingerprint density at radius 1 is 1.31 bits per heavy atom. The Morgan fingerprint density at radius 2 is 1.62 bits per heavy atom. The van der Waals surface area contributed by atoms with E-state index in [1.165, 1.54) is 7.11 Å². The molecular formula is C4H8BF4LiO3. The van der Waals surface area contributed by atoms with Gasteiger partial charge in [0.2, 0.25) is 0 Å². The molecule has 0 aliphatic carbocycles. The first-order chi connectivity index (χ1) is 5.31. The number of methoxy groups -OCH3 is 1. The number of hydrogen-bond acceptors (Lipinski definition) is 3. The smallest absolute Gasteiger partial charge is 0.438 e. The summed E-state index contributed by atoms with van der Waals surface area (Å²) in [4.78, 5) is 9.97. The molecule has 0 spiro atoms. The van der Waals surface area contributed by atoms with Crippen LogP contribution in [0, 0.1) is 0 Å². The maximum absolute atomic E-state index is 9.97. The normalized spacial score (nSPS) is 8.77. The van der Waals surface area contributed by atoms with Crippen molar-refractivity contribution >= 4 is 13.4 Å². The van der Waals surface area contributed by atoms with Crippen LogP contribution in [0.5, 0.6) is 0 Å². The van der Waals surface area contributed by atoms with Crippen LogP contribution < -0.4 is 18.9 Å². The molecule has 74 valence electrons. The minimum absolute atomic E-state index is 0. The van der Waals surface area contributed by atoms with E-state index >= 15 is 0 Å². The van der Waals surface area contributed by atoms with Crippen LogP contribution in [0.4, 0.5) is 22.1 Å². The maximum Gasteiger partial charge on any atom is 1.00 e. The summed E-state index contributed by atoms with van der Waals surface area (Å²) in [5.74, 6) is 0. The van der Waals surface area contributed by atoms with Crippen molar-refractivity contribution in [1.29, 1.82) is 0 Å². The van der Waals surface area contributed by atoms with Gasteiger partial charge in [-0.25, -0.2) is 4.79 Å². The topological polar surface area (TPSA) is 35.5 Å². The number of carbonyl (C=O) groups excluding carboxylic acids is 1.